The van der Waals surface area contributed by atoms with Crippen molar-refractivity contribution in [2.75, 3.05) is 13.2 Å². The first kappa shape index (κ1) is 12.5. The molecule has 0 saturated carbocycles. The van der Waals surface area contributed by atoms with E-state index < -0.39 is 6.29 Å². The third-order valence-corrected chi connectivity index (χ3v) is 1.92. The summed E-state index contributed by atoms with van der Waals surface area (Å²) in [7, 11) is 0. The van der Waals surface area contributed by atoms with E-state index in [1.54, 1.807) is 12.1 Å². The minimum atomic E-state index is -1.49. The summed E-state index contributed by atoms with van der Waals surface area (Å²) in [5, 5.41) is 20.3. The molecule has 5 nitrogen and oxygen atoms in total. The van der Waals surface area contributed by atoms with Crippen molar-refractivity contribution in [2.45, 2.75) is 13.2 Å². The molecule has 0 bridgehead atoms. The first-order valence-electron chi connectivity index (χ1n) is 4.99. The fourth-order valence-electron chi connectivity index (χ4n) is 1.13. The van der Waals surface area contributed by atoms with Gasteiger partial charge in [-0.2, -0.15) is 0 Å². The van der Waals surface area contributed by atoms with Crippen molar-refractivity contribution in [3.05, 3.63) is 29.8 Å². The van der Waals surface area contributed by atoms with Gasteiger partial charge in [0.1, 0.15) is 5.75 Å². The third kappa shape index (κ3) is 3.88. The molecule has 0 aliphatic carbocycles. The second-order valence-electron chi connectivity index (χ2n) is 3.18. The zero-order valence-electron chi connectivity index (χ0n) is 9.01. The largest absolute Gasteiger partial charge is 0.484 e. The highest BCUT2D eigenvalue weighted by molar-refractivity contribution is 5.77. The standard InChI is InChI=1S/C11H15NO4/c1-2-12-10(13)7-16-9-5-3-8(4-6-9)11(14)15/h3-6,11,14-15H,2,7H2,1H3,(H,12,13). The molecule has 1 amide bonds. The lowest BCUT2D eigenvalue weighted by Gasteiger charge is -2.07. The minimum absolute atomic E-state index is 0.0468. The number of hydrogen-bond acceptors (Lipinski definition) is 4. The SMILES string of the molecule is CCNC(=O)COc1ccc(C(O)O)cc1. The number of aliphatic hydroxyl groups is 2. The average molecular weight is 225 g/mol. The maximum Gasteiger partial charge on any atom is 0.257 e. The number of carbonyl (C=O) groups is 1. The van der Waals surface area contributed by atoms with Gasteiger partial charge in [0, 0.05) is 12.1 Å². The first-order valence-corrected chi connectivity index (χ1v) is 4.99. The fraction of sp³-hybridized carbons (Fsp3) is 0.364. The molecule has 1 aromatic carbocycles. The van der Waals surface area contributed by atoms with Crippen LogP contribution in [0.5, 0.6) is 5.75 Å². The van der Waals surface area contributed by atoms with Gasteiger partial charge in [-0.3, -0.25) is 4.79 Å². The van der Waals surface area contributed by atoms with Crippen molar-refractivity contribution in [1.82, 2.24) is 5.32 Å². The van der Waals surface area contributed by atoms with E-state index >= 15 is 0 Å². The predicted octanol–water partition coefficient (Wildman–Crippen LogP) is 0.185. The number of aliphatic hydroxyl groups excluding tert-OH is 1. The van der Waals surface area contributed by atoms with Crippen LogP contribution in [0, 0.1) is 0 Å². The van der Waals surface area contributed by atoms with Crippen LogP contribution >= 0.6 is 0 Å². The molecule has 0 heterocycles. The molecule has 0 aliphatic heterocycles. The molecule has 0 radical (unpaired) electrons. The highest BCUT2D eigenvalue weighted by Gasteiger charge is 2.03. The van der Waals surface area contributed by atoms with Crippen LogP contribution in [0.1, 0.15) is 18.8 Å². The highest BCUT2D eigenvalue weighted by Crippen LogP contribution is 2.15. The van der Waals surface area contributed by atoms with E-state index in [2.05, 4.69) is 5.32 Å². The number of rotatable bonds is 5. The van der Waals surface area contributed by atoms with Gasteiger partial charge in [-0.05, 0) is 19.1 Å². The maximum atomic E-state index is 11.1. The summed E-state index contributed by atoms with van der Waals surface area (Å²) < 4.78 is 5.18. The Balaban J connectivity index is 2.46. The number of benzene rings is 1. The first-order chi connectivity index (χ1) is 7.63. The van der Waals surface area contributed by atoms with Crippen LogP contribution < -0.4 is 10.1 Å². The van der Waals surface area contributed by atoms with Crippen LogP contribution in [-0.4, -0.2) is 29.3 Å². The molecule has 16 heavy (non-hydrogen) atoms. The summed E-state index contributed by atoms with van der Waals surface area (Å²) >= 11 is 0. The Bertz CT molecular complexity index is 334. The molecule has 0 saturated heterocycles. The minimum Gasteiger partial charge on any atom is -0.484 e. The number of amides is 1. The van der Waals surface area contributed by atoms with Crippen molar-refractivity contribution in [1.29, 1.82) is 0 Å². The van der Waals surface area contributed by atoms with Crippen LogP contribution in [0.15, 0.2) is 24.3 Å². The molecule has 3 N–H and O–H groups in total. The molecule has 5 heteroatoms. The zero-order valence-corrected chi connectivity index (χ0v) is 9.01. The van der Waals surface area contributed by atoms with Gasteiger partial charge in [-0.25, -0.2) is 0 Å². The monoisotopic (exact) mass is 225 g/mol. The molecule has 0 fully saturated rings. The third-order valence-electron chi connectivity index (χ3n) is 1.92. The Morgan fingerprint density at radius 3 is 2.50 bits per heavy atom. The lowest BCUT2D eigenvalue weighted by molar-refractivity contribution is -0.122. The summed E-state index contributed by atoms with van der Waals surface area (Å²) in [6, 6.07) is 6.21. The molecule has 88 valence electrons. The van der Waals surface area contributed by atoms with E-state index in [1.807, 2.05) is 6.92 Å². The molecule has 1 aromatic rings. The number of hydrogen-bond donors (Lipinski definition) is 3. The molecule has 0 atom stereocenters. The molecule has 0 aromatic heterocycles. The second-order valence-corrected chi connectivity index (χ2v) is 3.18. The highest BCUT2D eigenvalue weighted by atomic mass is 16.5. The smallest absolute Gasteiger partial charge is 0.257 e. The summed E-state index contributed by atoms with van der Waals surface area (Å²) in [5.41, 5.74) is 0.380. The van der Waals surface area contributed by atoms with E-state index in [4.69, 9.17) is 14.9 Å². The molecule has 0 aliphatic rings. The summed E-state index contributed by atoms with van der Waals surface area (Å²) in [6.45, 7) is 2.35. The van der Waals surface area contributed by atoms with E-state index in [0.29, 0.717) is 17.9 Å². The van der Waals surface area contributed by atoms with Gasteiger partial charge >= 0.3 is 0 Å². The van der Waals surface area contributed by atoms with Crippen molar-refractivity contribution in [2.24, 2.45) is 0 Å². The Hall–Kier alpha value is -1.59. The zero-order chi connectivity index (χ0) is 12.0. The van der Waals surface area contributed by atoms with E-state index in [9.17, 15) is 4.79 Å². The second kappa shape index (κ2) is 6.09. The van der Waals surface area contributed by atoms with Gasteiger partial charge in [0.15, 0.2) is 12.9 Å². The maximum absolute atomic E-state index is 11.1. The van der Waals surface area contributed by atoms with E-state index in [1.165, 1.54) is 12.1 Å². The molecule has 0 unspecified atom stereocenters. The molecule has 0 spiro atoms. The van der Waals surface area contributed by atoms with Crippen molar-refractivity contribution in [3.8, 4) is 5.75 Å². The topological polar surface area (TPSA) is 78.8 Å². The summed E-state index contributed by atoms with van der Waals surface area (Å²) in [5.74, 6) is 0.324. The summed E-state index contributed by atoms with van der Waals surface area (Å²) in [4.78, 5) is 11.1. The van der Waals surface area contributed by atoms with Gasteiger partial charge in [-0.15, -0.1) is 0 Å². The average Bonchev–Trinajstić information content (AvgIpc) is 2.27. The Labute approximate surface area is 93.7 Å². The summed E-state index contributed by atoms with van der Waals surface area (Å²) in [6.07, 6.45) is -1.49. The molecular weight excluding hydrogens is 210 g/mol. The lowest BCUT2D eigenvalue weighted by atomic mass is 10.2. The number of likely N-dealkylation sites (N-methyl/N-ethyl adjacent to an activating group) is 1. The van der Waals surface area contributed by atoms with E-state index in [0.717, 1.165) is 0 Å². The molecular formula is C11H15NO4. The van der Waals surface area contributed by atoms with Crippen molar-refractivity contribution in [3.63, 3.8) is 0 Å². The van der Waals surface area contributed by atoms with Gasteiger partial charge < -0.3 is 20.3 Å². The lowest BCUT2D eigenvalue weighted by Crippen LogP contribution is -2.28. The number of nitrogens with one attached hydrogen (secondary N) is 1. The Kier molecular flexibility index (Phi) is 4.75. The van der Waals surface area contributed by atoms with E-state index in [-0.39, 0.29) is 12.5 Å². The Morgan fingerprint density at radius 2 is 2.00 bits per heavy atom. The van der Waals surface area contributed by atoms with Crippen molar-refractivity contribution < 1.29 is 19.7 Å². The Morgan fingerprint density at radius 1 is 1.38 bits per heavy atom. The predicted molar refractivity (Wildman–Crippen MR) is 57.8 cm³/mol. The van der Waals surface area contributed by atoms with Crippen LogP contribution in [-0.2, 0) is 4.79 Å². The van der Waals surface area contributed by atoms with Gasteiger partial charge in [0.25, 0.3) is 5.91 Å². The number of carbonyl (C=O) groups excluding carboxylic acids is 1. The normalized spacial score (nSPS) is 10.2. The van der Waals surface area contributed by atoms with Gasteiger partial charge in [0.05, 0.1) is 0 Å². The fourth-order valence-corrected chi connectivity index (χ4v) is 1.13. The number of ether oxygens (including phenoxy) is 1. The van der Waals surface area contributed by atoms with Crippen LogP contribution in [0.25, 0.3) is 0 Å². The van der Waals surface area contributed by atoms with Crippen molar-refractivity contribution >= 4 is 5.91 Å². The van der Waals surface area contributed by atoms with Gasteiger partial charge in [-0.1, -0.05) is 12.1 Å². The quantitative estimate of drug-likeness (QED) is 0.625. The van der Waals surface area contributed by atoms with Crippen LogP contribution in [0.4, 0.5) is 0 Å². The van der Waals surface area contributed by atoms with Crippen LogP contribution in [0.2, 0.25) is 0 Å². The van der Waals surface area contributed by atoms with Gasteiger partial charge in [0.2, 0.25) is 0 Å². The van der Waals surface area contributed by atoms with Crippen LogP contribution in [0.3, 0.4) is 0 Å². The molecule has 1 rings (SSSR count).